The van der Waals surface area contributed by atoms with Crippen LogP contribution >= 0.6 is 0 Å². The summed E-state index contributed by atoms with van der Waals surface area (Å²) < 4.78 is 14.7. The maximum atomic E-state index is 13.0. The van der Waals surface area contributed by atoms with Gasteiger partial charge in [-0.25, -0.2) is 4.39 Å². The van der Waals surface area contributed by atoms with Gasteiger partial charge in [-0.3, -0.25) is 19.2 Å². The molecule has 7 heteroatoms. The highest BCUT2D eigenvalue weighted by Crippen LogP contribution is 2.19. The summed E-state index contributed by atoms with van der Waals surface area (Å²) in [4.78, 5) is 29.1. The number of halogens is 1. The fourth-order valence-corrected chi connectivity index (χ4v) is 3.56. The molecule has 1 amide bonds. The predicted octanol–water partition coefficient (Wildman–Crippen LogP) is 2.35. The van der Waals surface area contributed by atoms with E-state index in [0.29, 0.717) is 37.4 Å². The number of aryl methyl sites for hydroxylation is 1. The number of carbonyl (C=O) groups excluding carboxylic acids is 2. The van der Waals surface area contributed by atoms with Gasteiger partial charge in [-0.05, 0) is 30.3 Å². The van der Waals surface area contributed by atoms with Gasteiger partial charge in [0.15, 0.2) is 11.5 Å². The number of Topliss-reactive ketones (excluding diaryl/α,β-unsaturated/α-hetero) is 1. The maximum absolute atomic E-state index is 13.0. The van der Waals surface area contributed by atoms with Crippen LogP contribution < -0.4 is 0 Å². The van der Waals surface area contributed by atoms with Crippen LogP contribution in [-0.4, -0.2) is 64.0 Å². The van der Waals surface area contributed by atoms with Crippen molar-refractivity contribution in [2.24, 2.45) is 7.05 Å². The summed E-state index contributed by atoms with van der Waals surface area (Å²) >= 11 is 0. The van der Waals surface area contributed by atoms with Crippen LogP contribution in [0, 0.1) is 5.82 Å². The van der Waals surface area contributed by atoms with E-state index >= 15 is 0 Å². The van der Waals surface area contributed by atoms with E-state index in [1.807, 2.05) is 36.2 Å². The quantitative estimate of drug-likeness (QED) is 0.652. The number of carbonyl (C=O) groups is 2. The average molecular weight is 380 g/mol. The SMILES string of the molecule is Cn1nc(C(=O)N2CCN(CC(=O)c3ccc(F)cc3)CC2)c2ccccc21. The third kappa shape index (κ3) is 3.53. The van der Waals surface area contributed by atoms with Gasteiger partial charge in [-0.15, -0.1) is 0 Å². The molecule has 6 nitrogen and oxygen atoms in total. The number of nitrogens with zero attached hydrogens (tertiary/aromatic N) is 4. The second-order valence-corrected chi connectivity index (χ2v) is 6.99. The van der Waals surface area contributed by atoms with Crippen LogP contribution in [0.25, 0.3) is 10.9 Å². The summed E-state index contributed by atoms with van der Waals surface area (Å²) in [6.07, 6.45) is 0. The minimum absolute atomic E-state index is 0.0458. The molecule has 0 aliphatic carbocycles. The van der Waals surface area contributed by atoms with Crippen molar-refractivity contribution in [3.8, 4) is 0 Å². The van der Waals surface area contributed by atoms with E-state index in [0.717, 1.165) is 10.9 Å². The van der Waals surface area contributed by atoms with E-state index in [9.17, 15) is 14.0 Å². The number of benzene rings is 2. The van der Waals surface area contributed by atoms with Crippen LogP contribution in [-0.2, 0) is 7.05 Å². The molecule has 0 saturated carbocycles. The highest BCUT2D eigenvalue weighted by molar-refractivity contribution is 6.05. The van der Waals surface area contributed by atoms with Gasteiger partial charge in [0, 0.05) is 44.2 Å². The van der Waals surface area contributed by atoms with Crippen molar-refractivity contribution >= 4 is 22.6 Å². The lowest BCUT2D eigenvalue weighted by Gasteiger charge is -2.34. The number of fused-ring (bicyclic) bond motifs is 1. The first kappa shape index (κ1) is 18.3. The van der Waals surface area contributed by atoms with Crippen LogP contribution in [0.4, 0.5) is 4.39 Å². The Hall–Kier alpha value is -3.06. The molecule has 0 radical (unpaired) electrons. The van der Waals surface area contributed by atoms with Gasteiger partial charge in [0.2, 0.25) is 0 Å². The number of hydrogen-bond donors (Lipinski definition) is 0. The second kappa shape index (κ2) is 7.52. The van der Waals surface area contributed by atoms with E-state index in [2.05, 4.69) is 5.10 Å². The zero-order chi connectivity index (χ0) is 19.7. The summed E-state index contributed by atoms with van der Waals surface area (Å²) in [5.74, 6) is -0.484. The molecular weight excluding hydrogens is 359 g/mol. The number of amides is 1. The van der Waals surface area contributed by atoms with Crippen molar-refractivity contribution in [1.82, 2.24) is 19.6 Å². The Balaban J connectivity index is 1.39. The Morgan fingerprint density at radius 1 is 1.00 bits per heavy atom. The molecule has 1 fully saturated rings. The monoisotopic (exact) mass is 380 g/mol. The molecule has 144 valence electrons. The molecule has 1 saturated heterocycles. The van der Waals surface area contributed by atoms with Crippen molar-refractivity contribution in [2.45, 2.75) is 0 Å². The Kier molecular flexibility index (Phi) is 4.92. The highest BCUT2D eigenvalue weighted by atomic mass is 19.1. The summed E-state index contributed by atoms with van der Waals surface area (Å²) in [5.41, 5.74) is 1.89. The predicted molar refractivity (Wildman–Crippen MR) is 104 cm³/mol. The van der Waals surface area contributed by atoms with Gasteiger partial charge >= 0.3 is 0 Å². The molecule has 1 aliphatic heterocycles. The minimum atomic E-state index is -0.356. The van der Waals surface area contributed by atoms with Crippen molar-refractivity contribution in [3.63, 3.8) is 0 Å². The Labute approximate surface area is 162 Å². The third-order valence-corrected chi connectivity index (χ3v) is 5.15. The molecule has 3 aromatic rings. The first-order chi connectivity index (χ1) is 13.5. The van der Waals surface area contributed by atoms with Crippen LogP contribution in [0.5, 0.6) is 0 Å². The molecule has 4 rings (SSSR count). The number of rotatable bonds is 4. The minimum Gasteiger partial charge on any atom is -0.335 e. The Morgan fingerprint density at radius 3 is 2.39 bits per heavy atom. The molecule has 0 spiro atoms. The lowest BCUT2D eigenvalue weighted by atomic mass is 10.1. The van der Waals surface area contributed by atoms with Crippen LogP contribution in [0.15, 0.2) is 48.5 Å². The van der Waals surface area contributed by atoms with E-state index < -0.39 is 0 Å². The summed E-state index contributed by atoms with van der Waals surface area (Å²) in [5, 5.41) is 5.26. The first-order valence-electron chi connectivity index (χ1n) is 9.25. The topological polar surface area (TPSA) is 58.4 Å². The van der Waals surface area contributed by atoms with Gasteiger partial charge in [0.05, 0.1) is 12.1 Å². The van der Waals surface area contributed by atoms with E-state index in [-0.39, 0.29) is 24.1 Å². The van der Waals surface area contributed by atoms with Crippen LogP contribution in [0.2, 0.25) is 0 Å². The Morgan fingerprint density at radius 2 is 1.68 bits per heavy atom. The average Bonchev–Trinajstić information content (AvgIpc) is 3.05. The number of para-hydroxylation sites is 1. The molecule has 2 heterocycles. The standard InChI is InChI=1S/C21H21FN4O2/c1-24-18-5-3-2-4-17(18)20(23-24)21(28)26-12-10-25(11-13-26)14-19(27)15-6-8-16(22)9-7-15/h2-9H,10-14H2,1H3. The van der Waals surface area contributed by atoms with Gasteiger partial charge in [-0.2, -0.15) is 5.10 Å². The van der Waals surface area contributed by atoms with Crippen LogP contribution in [0.3, 0.4) is 0 Å². The van der Waals surface area contributed by atoms with Crippen molar-refractivity contribution in [3.05, 3.63) is 65.6 Å². The fourth-order valence-electron chi connectivity index (χ4n) is 3.56. The number of piperazine rings is 1. The number of ketones is 1. The normalized spacial score (nSPS) is 15.1. The van der Waals surface area contributed by atoms with E-state index in [1.165, 1.54) is 24.3 Å². The molecule has 28 heavy (non-hydrogen) atoms. The largest absolute Gasteiger partial charge is 0.335 e. The summed E-state index contributed by atoms with van der Waals surface area (Å²) in [7, 11) is 1.83. The molecule has 0 atom stereocenters. The van der Waals surface area contributed by atoms with Gasteiger partial charge in [0.25, 0.3) is 5.91 Å². The number of aromatic nitrogens is 2. The molecule has 1 aromatic heterocycles. The Bertz CT molecular complexity index is 1020. The van der Waals surface area contributed by atoms with Crippen molar-refractivity contribution < 1.29 is 14.0 Å². The second-order valence-electron chi connectivity index (χ2n) is 6.99. The smallest absolute Gasteiger partial charge is 0.275 e. The molecular formula is C21H21FN4O2. The third-order valence-electron chi connectivity index (χ3n) is 5.15. The highest BCUT2D eigenvalue weighted by Gasteiger charge is 2.26. The maximum Gasteiger partial charge on any atom is 0.275 e. The zero-order valence-corrected chi connectivity index (χ0v) is 15.6. The van der Waals surface area contributed by atoms with Gasteiger partial charge in [-0.1, -0.05) is 18.2 Å². The molecule has 0 unspecified atom stereocenters. The van der Waals surface area contributed by atoms with E-state index in [1.54, 1.807) is 9.58 Å². The fraction of sp³-hybridized carbons (Fsp3) is 0.286. The summed E-state index contributed by atoms with van der Waals surface area (Å²) in [6, 6.07) is 13.3. The molecule has 0 bridgehead atoms. The van der Waals surface area contributed by atoms with Crippen LogP contribution in [0.1, 0.15) is 20.8 Å². The zero-order valence-electron chi connectivity index (χ0n) is 15.6. The molecule has 2 aromatic carbocycles. The van der Waals surface area contributed by atoms with Gasteiger partial charge < -0.3 is 4.90 Å². The lowest BCUT2D eigenvalue weighted by Crippen LogP contribution is -2.50. The lowest BCUT2D eigenvalue weighted by molar-refractivity contribution is 0.0620. The molecule has 1 aliphatic rings. The van der Waals surface area contributed by atoms with Crippen molar-refractivity contribution in [2.75, 3.05) is 32.7 Å². The summed E-state index contributed by atoms with van der Waals surface area (Å²) in [6.45, 7) is 2.58. The number of hydrogen-bond acceptors (Lipinski definition) is 4. The molecule has 0 N–H and O–H groups in total. The first-order valence-corrected chi connectivity index (χ1v) is 9.25. The van der Waals surface area contributed by atoms with Gasteiger partial charge in [0.1, 0.15) is 5.82 Å². The van der Waals surface area contributed by atoms with E-state index in [4.69, 9.17) is 0 Å². The van der Waals surface area contributed by atoms with Crippen molar-refractivity contribution in [1.29, 1.82) is 0 Å².